The highest BCUT2D eigenvalue weighted by Gasteiger charge is 2.45. The second kappa shape index (κ2) is 12.1. The first-order valence-corrected chi connectivity index (χ1v) is 13.8. The molecule has 0 aliphatic heterocycles. The van der Waals surface area contributed by atoms with E-state index in [1.165, 1.54) is 37.5 Å². The van der Waals surface area contributed by atoms with E-state index in [4.69, 9.17) is 15.6 Å². The molecule has 11 nitrogen and oxygen atoms in total. The Hall–Kier alpha value is -3.99. The molecule has 6 N–H and O–H groups in total. The van der Waals surface area contributed by atoms with Gasteiger partial charge in [0.1, 0.15) is 23.7 Å². The molecule has 6 rings (SSSR count). The summed E-state index contributed by atoms with van der Waals surface area (Å²) in [6.45, 7) is -1.25. The molecule has 15 heteroatoms. The third-order valence-corrected chi connectivity index (χ3v) is 8.06. The molecule has 2 aliphatic carbocycles. The minimum atomic E-state index is -3.29. The van der Waals surface area contributed by atoms with Crippen LogP contribution in [0.5, 0.6) is 5.75 Å². The maximum atomic E-state index is 15.1. The van der Waals surface area contributed by atoms with Gasteiger partial charge < -0.3 is 30.9 Å². The first kappa shape index (κ1) is 32.4. The number of aldehydes is 1. The van der Waals surface area contributed by atoms with E-state index in [0.717, 1.165) is 40.7 Å². The zero-order valence-corrected chi connectivity index (χ0v) is 24.1. The van der Waals surface area contributed by atoms with Crippen LogP contribution in [0.25, 0.3) is 16.6 Å². The molecule has 1 aromatic carbocycles. The van der Waals surface area contributed by atoms with Gasteiger partial charge in [-0.15, -0.1) is 0 Å². The van der Waals surface area contributed by atoms with Gasteiger partial charge in [-0.05, 0) is 51.4 Å². The van der Waals surface area contributed by atoms with Crippen LogP contribution in [0, 0.1) is 11.6 Å². The average molecular weight is 634 g/mol. The summed E-state index contributed by atoms with van der Waals surface area (Å²) in [5.41, 5.74) is 6.46. The van der Waals surface area contributed by atoms with E-state index < -0.39 is 36.3 Å². The number of aliphatic hydroxyl groups is 4. The summed E-state index contributed by atoms with van der Waals surface area (Å²) in [6, 6.07) is 5.46. The second-order valence-corrected chi connectivity index (χ2v) is 11.5. The van der Waals surface area contributed by atoms with Gasteiger partial charge in [0.2, 0.25) is 0 Å². The van der Waals surface area contributed by atoms with Crippen molar-refractivity contribution in [2.75, 3.05) is 7.05 Å². The number of alkyl halides is 2. The number of benzene rings is 1. The fourth-order valence-corrected chi connectivity index (χ4v) is 6.00. The molecule has 1 saturated carbocycles. The van der Waals surface area contributed by atoms with Crippen molar-refractivity contribution < 1.29 is 47.5 Å². The van der Waals surface area contributed by atoms with Crippen molar-refractivity contribution in [3.05, 3.63) is 82.9 Å². The molecule has 2 aliphatic rings. The molecule has 0 saturated heterocycles. The number of ether oxygens (including phenoxy) is 1. The van der Waals surface area contributed by atoms with Gasteiger partial charge in [0.25, 0.3) is 0 Å². The van der Waals surface area contributed by atoms with Crippen LogP contribution in [0.4, 0.5) is 17.6 Å². The van der Waals surface area contributed by atoms with Gasteiger partial charge in [-0.1, -0.05) is 12.1 Å². The van der Waals surface area contributed by atoms with E-state index in [-0.39, 0.29) is 57.3 Å². The Bertz CT molecular complexity index is 1720. The number of nitrogens with zero attached hydrogens (tertiary/aromatic N) is 4. The van der Waals surface area contributed by atoms with Gasteiger partial charge in [-0.2, -0.15) is 13.9 Å². The number of hydrogen-bond acceptors (Lipinski definition) is 10. The lowest BCUT2D eigenvalue weighted by Gasteiger charge is -2.38. The lowest BCUT2D eigenvalue weighted by atomic mass is 9.77. The number of halogens is 4. The highest BCUT2D eigenvalue weighted by Crippen LogP contribution is 2.51. The summed E-state index contributed by atoms with van der Waals surface area (Å²) in [4.78, 5) is 16.5. The zero-order valence-electron chi connectivity index (χ0n) is 24.1. The van der Waals surface area contributed by atoms with E-state index in [2.05, 4.69) is 10.1 Å². The van der Waals surface area contributed by atoms with Gasteiger partial charge in [0, 0.05) is 45.5 Å². The van der Waals surface area contributed by atoms with E-state index >= 15 is 4.39 Å². The molecule has 2 atom stereocenters. The third-order valence-electron chi connectivity index (χ3n) is 8.06. The molecule has 3 heterocycles. The standard InChI is InChI=1S/C25H20F4N4O5.C5H11NO/c1-32(25(35,36)37)19-7-16(21-12(11-34)3-2-4-20(21)38-24(28)29)22-18-6-15(13-5-14(26)9-30-8-13)17(27)10-33(18)31-23(19)22;1-5(6)2-4(7)3-5/h2-6,8-11,16,19,24,35-37H,7H2,1H3;4,7H,2-3,6H2,1H3. The van der Waals surface area contributed by atoms with Crippen LogP contribution < -0.4 is 10.5 Å². The Morgan fingerprint density at radius 3 is 2.44 bits per heavy atom. The lowest BCUT2D eigenvalue weighted by Crippen LogP contribution is -2.51. The van der Waals surface area contributed by atoms with Crippen molar-refractivity contribution in [2.45, 2.75) is 62.5 Å². The highest BCUT2D eigenvalue weighted by atomic mass is 19.3. The quantitative estimate of drug-likeness (QED) is 0.116. The number of nitrogens with two attached hydrogens (primary N) is 1. The largest absolute Gasteiger partial charge is 0.434 e. The molecule has 45 heavy (non-hydrogen) atoms. The Balaban J connectivity index is 0.000000505. The predicted molar refractivity (Wildman–Crippen MR) is 151 cm³/mol. The van der Waals surface area contributed by atoms with Crippen molar-refractivity contribution in [3.8, 4) is 16.9 Å². The van der Waals surface area contributed by atoms with Crippen LogP contribution in [0.2, 0.25) is 0 Å². The van der Waals surface area contributed by atoms with Gasteiger partial charge in [0.05, 0.1) is 35.8 Å². The van der Waals surface area contributed by atoms with Gasteiger partial charge >= 0.3 is 12.7 Å². The topological polar surface area (TPSA) is 167 Å². The highest BCUT2D eigenvalue weighted by molar-refractivity contribution is 5.81. The van der Waals surface area contributed by atoms with E-state index in [0.29, 0.717) is 11.8 Å². The maximum Gasteiger partial charge on any atom is 0.387 e. The molecule has 3 aromatic heterocycles. The van der Waals surface area contributed by atoms with Gasteiger partial charge in [0.15, 0.2) is 0 Å². The van der Waals surface area contributed by atoms with E-state index in [1.807, 2.05) is 6.92 Å². The Labute approximate surface area is 254 Å². The normalized spacial score (nSPS) is 22.6. The number of carbonyl (C=O) groups excluding carboxylic acids is 1. The smallest absolute Gasteiger partial charge is 0.387 e. The monoisotopic (exact) mass is 633 g/mol. The first-order chi connectivity index (χ1) is 21.1. The molecule has 240 valence electrons. The van der Waals surface area contributed by atoms with Crippen molar-refractivity contribution in [2.24, 2.45) is 5.73 Å². The number of aliphatic hydroxyl groups excluding tert-OH is 1. The minimum Gasteiger partial charge on any atom is -0.434 e. The van der Waals surface area contributed by atoms with Gasteiger partial charge in [-0.3, -0.25) is 9.78 Å². The molecule has 0 radical (unpaired) electrons. The fraction of sp³-hybridized carbons (Fsp3) is 0.367. The first-order valence-electron chi connectivity index (χ1n) is 13.8. The molecule has 2 unspecified atom stereocenters. The van der Waals surface area contributed by atoms with E-state index in [1.54, 1.807) is 0 Å². The molecule has 0 spiro atoms. The molecule has 1 fully saturated rings. The van der Waals surface area contributed by atoms with Crippen LogP contribution in [0.15, 0.2) is 48.9 Å². The molecular formula is C30H31F4N5O6. The zero-order chi connectivity index (χ0) is 32.8. The Kier molecular flexibility index (Phi) is 8.70. The SMILES string of the molecule is CC1(N)CC(O)C1.CN(C1CC(c2c(C=O)cccc2OC(F)F)c2c1nn1cc(F)c(-c3cncc(F)c3)cc21)C(O)(O)O. The lowest BCUT2D eigenvalue weighted by molar-refractivity contribution is -0.396. The van der Waals surface area contributed by atoms with E-state index in [9.17, 15) is 33.3 Å². The average Bonchev–Trinajstić information content (AvgIpc) is 3.47. The second-order valence-electron chi connectivity index (χ2n) is 11.5. The summed E-state index contributed by atoms with van der Waals surface area (Å²) in [5, 5.41) is 42.7. The summed E-state index contributed by atoms with van der Waals surface area (Å²) >= 11 is 0. The van der Waals surface area contributed by atoms with Crippen LogP contribution in [-0.4, -0.2) is 77.6 Å². The maximum absolute atomic E-state index is 15.1. The van der Waals surface area contributed by atoms with Crippen LogP contribution in [0.1, 0.15) is 65.3 Å². The van der Waals surface area contributed by atoms with Crippen LogP contribution >= 0.6 is 0 Å². The summed E-state index contributed by atoms with van der Waals surface area (Å²) in [5.74, 6) is -2.65. The van der Waals surface area contributed by atoms with Crippen molar-refractivity contribution >= 4 is 11.8 Å². The van der Waals surface area contributed by atoms with Crippen LogP contribution in [0.3, 0.4) is 0 Å². The third kappa shape index (κ3) is 6.54. The molecule has 0 bridgehead atoms. The number of aromatic nitrogens is 3. The minimum absolute atomic E-state index is 0.0293. The molecule has 0 amide bonds. The summed E-state index contributed by atoms with van der Waals surface area (Å²) in [7, 11) is 1.19. The predicted octanol–water partition coefficient (Wildman–Crippen LogP) is 3.04. The van der Waals surface area contributed by atoms with Crippen molar-refractivity contribution in [1.29, 1.82) is 0 Å². The fourth-order valence-electron chi connectivity index (χ4n) is 6.00. The Morgan fingerprint density at radius 2 is 1.89 bits per heavy atom. The van der Waals surface area contributed by atoms with Gasteiger partial charge in [-0.25, -0.2) is 18.2 Å². The van der Waals surface area contributed by atoms with Crippen LogP contribution in [-0.2, 0) is 0 Å². The number of pyridine rings is 2. The molecular weight excluding hydrogens is 602 g/mol. The summed E-state index contributed by atoms with van der Waals surface area (Å²) < 4.78 is 61.4. The summed E-state index contributed by atoms with van der Waals surface area (Å²) in [6.07, 6.45) is 1.79. The number of rotatable bonds is 7. The van der Waals surface area contributed by atoms with Crippen molar-refractivity contribution in [3.63, 3.8) is 0 Å². The molecule has 4 aromatic rings. The number of carbonyl (C=O) groups is 1. The Morgan fingerprint density at radius 1 is 1.18 bits per heavy atom. The number of fused-ring (bicyclic) bond motifs is 3. The number of hydrogen-bond donors (Lipinski definition) is 5. The van der Waals surface area contributed by atoms with Crippen molar-refractivity contribution in [1.82, 2.24) is 19.5 Å².